The van der Waals surface area contributed by atoms with Crippen molar-refractivity contribution < 1.29 is 17.6 Å². The van der Waals surface area contributed by atoms with Gasteiger partial charge in [-0.05, 0) is 66.9 Å². The van der Waals surface area contributed by atoms with Crippen LogP contribution in [-0.2, 0) is 10.0 Å². The van der Waals surface area contributed by atoms with Crippen molar-refractivity contribution in [3.63, 3.8) is 0 Å². The SMILES string of the molecule is Cc1cc(C(=O)Nc2ccc(C(=N)N3CCCC3)cc2F)n(-c2cc3ccccc3cc2S(N)(=O)=O)n1. The smallest absolute Gasteiger partial charge is 0.274 e. The summed E-state index contributed by atoms with van der Waals surface area (Å²) in [5.41, 5.74) is 0.916. The van der Waals surface area contributed by atoms with Crippen LogP contribution in [0.25, 0.3) is 16.5 Å². The van der Waals surface area contributed by atoms with E-state index in [1.807, 2.05) is 4.90 Å². The first-order valence-corrected chi connectivity index (χ1v) is 13.2. The number of rotatable bonds is 5. The van der Waals surface area contributed by atoms with Crippen LogP contribution in [0.3, 0.4) is 0 Å². The third-order valence-electron chi connectivity index (χ3n) is 6.34. The number of sulfonamides is 1. The van der Waals surface area contributed by atoms with E-state index >= 15 is 0 Å². The van der Waals surface area contributed by atoms with Gasteiger partial charge in [-0.2, -0.15) is 5.10 Å². The number of hydrogen-bond donors (Lipinski definition) is 3. The quantitative estimate of drug-likeness (QED) is 0.272. The molecule has 190 valence electrons. The Balaban J connectivity index is 1.50. The lowest BCUT2D eigenvalue weighted by Gasteiger charge is -2.19. The van der Waals surface area contributed by atoms with E-state index in [4.69, 9.17) is 10.5 Å². The van der Waals surface area contributed by atoms with Gasteiger partial charge in [0.25, 0.3) is 5.91 Å². The summed E-state index contributed by atoms with van der Waals surface area (Å²) in [4.78, 5) is 15.0. The Kier molecular flexibility index (Phi) is 6.26. The van der Waals surface area contributed by atoms with Gasteiger partial charge in [-0.25, -0.2) is 22.6 Å². The lowest BCUT2D eigenvalue weighted by molar-refractivity contribution is 0.101. The summed E-state index contributed by atoms with van der Waals surface area (Å²) in [6.45, 7) is 3.18. The Hall–Kier alpha value is -4.09. The highest BCUT2D eigenvalue weighted by atomic mass is 32.2. The van der Waals surface area contributed by atoms with Crippen molar-refractivity contribution in [2.75, 3.05) is 18.4 Å². The van der Waals surface area contributed by atoms with E-state index in [0.717, 1.165) is 31.3 Å². The van der Waals surface area contributed by atoms with Crippen LogP contribution in [0.4, 0.5) is 10.1 Å². The van der Waals surface area contributed by atoms with Crippen LogP contribution in [0, 0.1) is 18.2 Å². The maximum absolute atomic E-state index is 14.9. The number of aryl methyl sites for hydroxylation is 1. The number of benzene rings is 3. The fourth-order valence-electron chi connectivity index (χ4n) is 4.52. The fourth-order valence-corrected chi connectivity index (χ4v) is 5.25. The number of amides is 1. The van der Waals surface area contributed by atoms with Crippen molar-refractivity contribution in [1.29, 1.82) is 5.41 Å². The van der Waals surface area contributed by atoms with E-state index in [-0.39, 0.29) is 27.8 Å². The van der Waals surface area contributed by atoms with Crippen LogP contribution < -0.4 is 10.5 Å². The van der Waals surface area contributed by atoms with Gasteiger partial charge in [-0.15, -0.1) is 0 Å². The lowest BCUT2D eigenvalue weighted by atomic mass is 10.1. The zero-order valence-corrected chi connectivity index (χ0v) is 20.8. The first-order valence-electron chi connectivity index (χ1n) is 11.7. The molecule has 0 unspecified atom stereocenters. The molecule has 1 aromatic heterocycles. The molecule has 1 amide bonds. The van der Waals surface area contributed by atoms with E-state index in [0.29, 0.717) is 16.6 Å². The molecule has 4 N–H and O–H groups in total. The minimum atomic E-state index is -4.17. The molecule has 1 saturated heterocycles. The minimum absolute atomic E-state index is 0.00553. The van der Waals surface area contributed by atoms with Gasteiger partial charge in [0.1, 0.15) is 22.2 Å². The Labute approximate surface area is 213 Å². The third kappa shape index (κ3) is 4.83. The van der Waals surface area contributed by atoms with Gasteiger partial charge in [-0.3, -0.25) is 10.2 Å². The van der Waals surface area contributed by atoms with Crippen molar-refractivity contribution in [2.45, 2.75) is 24.7 Å². The number of likely N-dealkylation sites (tertiary alicyclic amines) is 1. The molecule has 1 fully saturated rings. The Morgan fingerprint density at radius 2 is 1.73 bits per heavy atom. The maximum atomic E-state index is 14.9. The molecule has 11 heteroatoms. The van der Waals surface area contributed by atoms with E-state index in [1.165, 1.54) is 28.9 Å². The summed E-state index contributed by atoms with van der Waals surface area (Å²) in [6, 6.07) is 15.9. The van der Waals surface area contributed by atoms with Crippen LogP contribution >= 0.6 is 0 Å². The molecule has 9 nitrogen and oxygen atoms in total. The number of primary sulfonamides is 1. The van der Waals surface area contributed by atoms with Crippen molar-refractivity contribution in [2.24, 2.45) is 5.14 Å². The molecule has 0 atom stereocenters. The minimum Gasteiger partial charge on any atom is -0.357 e. The van der Waals surface area contributed by atoms with Crippen LogP contribution in [-0.4, -0.2) is 47.9 Å². The van der Waals surface area contributed by atoms with Crippen LogP contribution in [0.2, 0.25) is 0 Å². The second-order valence-corrected chi connectivity index (χ2v) is 10.5. The topological polar surface area (TPSA) is 134 Å². The molecule has 0 bridgehead atoms. The number of aromatic nitrogens is 2. The number of nitrogens with two attached hydrogens (primary N) is 1. The predicted octanol–water partition coefficient (Wildman–Crippen LogP) is 3.79. The highest BCUT2D eigenvalue weighted by molar-refractivity contribution is 7.89. The summed E-state index contributed by atoms with van der Waals surface area (Å²) in [6.07, 6.45) is 1.99. The summed E-state index contributed by atoms with van der Waals surface area (Å²) >= 11 is 0. The number of carbonyl (C=O) groups excluding carboxylic acids is 1. The largest absolute Gasteiger partial charge is 0.357 e. The van der Waals surface area contributed by atoms with Crippen LogP contribution in [0.5, 0.6) is 0 Å². The molecule has 5 rings (SSSR count). The van der Waals surface area contributed by atoms with Crippen molar-refractivity contribution in [3.05, 3.63) is 83.4 Å². The Morgan fingerprint density at radius 1 is 1.05 bits per heavy atom. The molecular weight excluding hydrogens is 495 g/mol. The van der Waals surface area contributed by atoms with E-state index in [1.54, 1.807) is 43.3 Å². The molecule has 0 aliphatic carbocycles. The maximum Gasteiger partial charge on any atom is 0.274 e. The normalized spacial score (nSPS) is 13.8. The van der Waals surface area contributed by atoms with Gasteiger partial charge in [0.15, 0.2) is 0 Å². The molecule has 1 aliphatic heterocycles. The number of fused-ring (bicyclic) bond motifs is 1. The first kappa shape index (κ1) is 24.6. The molecule has 3 aromatic carbocycles. The van der Waals surface area contributed by atoms with Crippen LogP contribution in [0.15, 0.2) is 65.6 Å². The van der Waals surface area contributed by atoms with Gasteiger partial charge < -0.3 is 10.2 Å². The number of carbonyl (C=O) groups is 1. The third-order valence-corrected chi connectivity index (χ3v) is 7.28. The number of amidine groups is 1. The summed E-state index contributed by atoms with van der Waals surface area (Å²) in [5.74, 6) is -1.13. The average Bonchev–Trinajstić information content (AvgIpc) is 3.53. The van der Waals surface area contributed by atoms with Gasteiger partial charge in [-0.1, -0.05) is 24.3 Å². The molecular formula is C26H25FN6O3S. The van der Waals surface area contributed by atoms with Gasteiger partial charge in [0, 0.05) is 18.7 Å². The van der Waals surface area contributed by atoms with Crippen molar-refractivity contribution in [1.82, 2.24) is 14.7 Å². The highest BCUT2D eigenvalue weighted by Gasteiger charge is 2.24. The summed E-state index contributed by atoms with van der Waals surface area (Å²) < 4.78 is 41.0. The van der Waals surface area contributed by atoms with Crippen LogP contribution in [0.1, 0.15) is 34.6 Å². The van der Waals surface area contributed by atoms with Gasteiger partial charge in [0.05, 0.1) is 17.1 Å². The zero-order chi connectivity index (χ0) is 26.3. The van der Waals surface area contributed by atoms with Gasteiger partial charge >= 0.3 is 0 Å². The highest BCUT2D eigenvalue weighted by Crippen LogP contribution is 2.28. The average molecular weight is 521 g/mol. The lowest BCUT2D eigenvalue weighted by Crippen LogP contribution is -2.27. The van der Waals surface area contributed by atoms with E-state index in [9.17, 15) is 17.6 Å². The standard InChI is InChI=1S/C26H25FN6O3S/c1-16-12-23(26(34)30-21-9-8-19(13-20(21)27)25(28)32-10-4-5-11-32)33(31-16)22-14-17-6-2-3-7-18(17)15-24(22)37(29,35)36/h2-3,6-9,12-15,28H,4-5,10-11H2,1H3,(H,30,34)(H2,29,35,36). The summed E-state index contributed by atoms with van der Waals surface area (Å²) in [5, 5.41) is 22.1. The zero-order valence-electron chi connectivity index (χ0n) is 20.0. The molecule has 0 spiro atoms. The Morgan fingerprint density at radius 3 is 2.38 bits per heavy atom. The van der Waals surface area contributed by atoms with Crippen molar-refractivity contribution in [3.8, 4) is 5.69 Å². The monoisotopic (exact) mass is 520 g/mol. The fraction of sp³-hybridized carbons (Fsp3) is 0.192. The number of hydrogen-bond acceptors (Lipinski definition) is 5. The molecule has 1 aliphatic rings. The first-order chi connectivity index (χ1) is 17.6. The molecule has 0 radical (unpaired) electrons. The number of halogens is 1. The number of anilines is 1. The molecule has 37 heavy (non-hydrogen) atoms. The second kappa shape index (κ2) is 9.41. The Bertz CT molecular complexity index is 1660. The molecule has 4 aromatic rings. The number of nitrogens with zero attached hydrogens (tertiary/aromatic N) is 3. The molecule has 0 saturated carbocycles. The second-order valence-electron chi connectivity index (χ2n) is 8.99. The number of nitrogens with one attached hydrogen (secondary N) is 2. The van der Waals surface area contributed by atoms with E-state index < -0.39 is 21.7 Å². The molecule has 2 heterocycles. The van der Waals surface area contributed by atoms with Gasteiger partial charge in [0.2, 0.25) is 10.0 Å². The van der Waals surface area contributed by atoms with E-state index in [2.05, 4.69) is 10.4 Å². The summed E-state index contributed by atoms with van der Waals surface area (Å²) in [7, 11) is -4.17. The van der Waals surface area contributed by atoms with Crippen molar-refractivity contribution >= 4 is 38.2 Å². The predicted molar refractivity (Wildman–Crippen MR) is 139 cm³/mol.